The normalized spacial score (nSPS) is 12.8. The van der Waals surface area contributed by atoms with Gasteiger partial charge in [0.25, 0.3) is 0 Å². The van der Waals surface area contributed by atoms with E-state index in [2.05, 4.69) is 60.7 Å². The van der Waals surface area contributed by atoms with Gasteiger partial charge in [-0.3, -0.25) is 0 Å². The Morgan fingerprint density at radius 1 is 0.524 bits per heavy atom. The van der Waals surface area contributed by atoms with Crippen molar-refractivity contribution >= 4 is 54.3 Å². The van der Waals surface area contributed by atoms with E-state index in [1.807, 2.05) is 0 Å². The molecule has 6 aromatic rings. The van der Waals surface area contributed by atoms with Crippen LogP contribution in [0.25, 0.3) is 54.3 Å². The molecular formula is C20H10O. The molecule has 21 heavy (non-hydrogen) atoms. The minimum atomic E-state index is 1.07. The molecule has 0 unspecified atom stereocenters. The number of rotatable bonds is 0. The van der Waals surface area contributed by atoms with E-state index in [1.54, 1.807) is 0 Å². The van der Waals surface area contributed by atoms with E-state index >= 15 is 0 Å². The van der Waals surface area contributed by atoms with Gasteiger partial charge >= 0.3 is 0 Å². The fourth-order valence-corrected chi connectivity index (χ4v) is 3.78. The summed E-state index contributed by atoms with van der Waals surface area (Å²) in [5.41, 5.74) is 2.14. The largest absolute Gasteiger partial charge is 0.448 e. The summed E-state index contributed by atoms with van der Waals surface area (Å²) in [6, 6.07) is 21.8. The summed E-state index contributed by atoms with van der Waals surface area (Å²) in [5.74, 6) is 0. The van der Waals surface area contributed by atoms with E-state index in [0.717, 1.165) is 11.2 Å². The molecule has 0 atom stereocenters. The van der Waals surface area contributed by atoms with Crippen LogP contribution in [0, 0.1) is 0 Å². The highest BCUT2D eigenvalue weighted by atomic mass is 16.4. The van der Waals surface area contributed by atoms with Gasteiger partial charge in [0.15, 0.2) is 11.2 Å². The summed E-state index contributed by atoms with van der Waals surface area (Å²) in [7, 11) is 0. The highest BCUT2D eigenvalue weighted by molar-refractivity contribution is 6.38. The molecule has 0 aliphatic heterocycles. The Labute approximate surface area is 120 Å². The van der Waals surface area contributed by atoms with Crippen LogP contribution in [0.3, 0.4) is 0 Å². The zero-order chi connectivity index (χ0) is 13.6. The monoisotopic (exact) mass is 266 g/mol. The lowest BCUT2D eigenvalue weighted by atomic mass is 9.91. The molecule has 0 saturated heterocycles. The Morgan fingerprint density at radius 3 is 2.33 bits per heavy atom. The van der Waals surface area contributed by atoms with Crippen LogP contribution >= 0.6 is 0 Å². The number of hydrogen-bond acceptors (Lipinski definition) is 1. The van der Waals surface area contributed by atoms with Gasteiger partial charge in [0.2, 0.25) is 0 Å². The minimum Gasteiger partial charge on any atom is -0.448 e. The van der Waals surface area contributed by atoms with E-state index < -0.39 is 0 Å². The first kappa shape index (κ1) is 10.0. The molecule has 0 radical (unpaired) electrons. The van der Waals surface area contributed by atoms with E-state index in [4.69, 9.17) is 4.42 Å². The van der Waals surface area contributed by atoms with E-state index in [9.17, 15) is 0 Å². The molecule has 0 aliphatic rings. The predicted molar refractivity (Wildman–Crippen MR) is 88.6 cm³/mol. The Kier molecular flexibility index (Phi) is 1.47. The zero-order valence-corrected chi connectivity index (χ0v) is 11.2. The summed E-state index contributed by atoms with van der Waals surface area (Å²) < 4.78 is 5.88. The van der Waals surface area contributed by atoms with Gasteiger partial charge in [0, 0.05) is 21.5 Å². The first-order valence-electron chi connectivity index (χ1n) is 7.22. The smallest absolute Gasteiger partial charge is 0.179 e. The second-order valence-electron chi connectivity index (χ2n) is 5.80. The van der Waals surface area contributed by atoms with Crippen LogP contribution in [0.5, 0.6) is 0 Å². The summed E-state index contributed by atoms with van der Waals surface area (Å²) in [6.45, 7) is 0. The lowest BCUT2D eigenvalue weighted by Crippen LogP contribution is -1.84. The van der Waals surface area contributed by atoms with Crippen LogP contribution in [0.15, 0.2) is 65.1 Å². The summed E-state index contributed by atoms with van der Waals surface area (Å²) in [5, 5.41) is 10.4. The van der Waals surface area contributed by atoms with Crippen molar-refractivity contribution in [3.63, 3.8) is 0 Å². The Morgan fingerprint density at radius 2 is 1.33 bits per heavy atom. The lowest BCUT2D eigenvalue weighted by Gasteiger charge is -2.10. The van der Waals surface area contributed by atoms with E-state index in [-0.39, 0.29) is 0 Å². The van der Waals surface area contributed by atoms with Gasteiger partial charge in [-0.1, -0.05) is 54.6 Å². The standard InChI is InChI=1S/C20H10O/c1-2-6-14-12(4-1)10-13-9-8-11-5-3-7-15-16(11)17(13)18(14)20-19(15)21-20/h1-10H. The highest BCUT2D eigenvalue weighted by Gasteiger charge is 2.22. The minimum absolute atomic E-state index is 1.07. The molecule has 0 bridgehead atoms. The molecule has 0 saturated carbocycles. The van der Waals surface area contributed by atoms with E-state index in [0.29, 0.717) is 0 Å². The molecule has 1 aromatic heterocycles. The Bertz CT molecular complexity index is 1270. The van der Waals surface area contributed by atoms with Crippen LogP contribution in [0.1, 0.15) is 0 Å². The van der Waals surface area contributed by atoms with Crippen molar-refractivity contribution in [3.8, 4) is 0 Å². The molecule has 1 heterocycles. The SMILES string of the molecule is c1ccc2c(c1)cc1ccc3cccc4c5oc5c2c1c34. The third-order valence-corrected chi connectivity index (χ3v) is 4.71. The molecule has 96 valence electrons. The van der Waals surface area contributed by atoms with Gasteiger partial charge in [0.1, 0.15) is 0 Å². The highest BCUT2D eigenvalue weighted by Crippen LogP contribution is 2.47. The molecule has 1 heteroatoms. The van der Waals surface area contributed by atoms with Crippen molar-refractivity contribution in [2.75, 3.05) is 0 Å². The number of hydrogen-bond donors (Lipinski definition) is 0. The Hall–Kier alpha value is -2.80. The van der Waals surface area contributed by atoms with Crippen LogP contribution in [-0.2, 0) is 0 Å². The second-order valence-corrected chi connectivity index (χ2v) is 5.80. The van der Waals surface area contributed by atoms with Gasteiger partial charge in [-0.05, 0) is 27.6 Å². The summed E-state index contributed by atoms with van der Waals surface area (Å²) in [4.78, 5) is 0. The van der Waals surface area contributed by atoms with Gasteiger partial charge in [-0.25, -0.2) is 0 Å². The average molecular weight is 266 g/mol. The van der Waals surface area contributed by atoms with Crippen molar-refractivity contribution in [2.24, 2.45) is 0 Å². The van der Waals surface area contributed by atoms with Gasteiger partial charge < -0.3 is 4.42 Å². The molecule has 0 aliphatic carbocycles. The maximum absolute atomic E-state index is 5.88. The fourth-order valence-electron chi connectivity index (χ4n) is 3.78. The predicted octanol–water partition coefficient (Wildman–Crippen LogP) is 5.92. The van der Waals surface area contributed by atoms with E-state index in [1.165, 1.54) is 43.1 Å². The quantitative estimate of drug-likeness (QED) is 0.245. The number of benzene rings is 5. The third-order valence-electron chi connectivity index (χ3n) is 4.71. The fraction of sp³-hybridized carbons (Fsp3) is 0. The van der Waals surface area contributed by atoms with Crippen LogP contribution in [0.2, 0.25) is 0 Å². The third kappa shape index (κ3) is 1.06. The van der Waals surface area contributed by atoms with Gasteiger partial charge in [0.05, 0.1) is 0 Å². The van der Waals surface area contributed by atoms with Gasteiger partial charge in [-0.2, -0.15) is 0 Å². The lowest BCUT2D eigenvalue weighted by molar-refractivity contribution is 0.762. The molecule has 1 nitrogen and oxygen atoms in total. The molecule has 0 fully saturated rings. The maximum Gasteiger partial charge on any atom is 0.179 e. The molecule has 6 rings (SSSR count). The first-order valence-corrected chi connectivity index (χ1v) is 7.22. The zero-order valence-electron chi connectivity index (χ0n) is 11.2. The summed E-state index contributed by atoms with van der Waals surface area (Å²) >= 11 is 0. The number of fused-ring (bicyclic) bond motifs is 5. The van der Waals surface area contributed by atoms with Crippen LogP contribution in [0.4, 0.5) is 0 Å². The first-order chi connectivity index (χ1) is 10.4. The Balaban J connectivity index is 2.13. The van der Waals surface area contributed by atoms with Crippen molar-refractivity contribution in [1.29, 1.82) is 0 Å². The van der Waals surface area contributed by atoms with Crippen molar-refractivity contribution in [3.05, 3.63) is 60.7 Å². The topological polar surface area (TPSA) is 13.1 Å². The molecule has 5 aromatic carbocycles. The van der Waals surface area contributed by atoms with Crippen molar-refractivity contribution in [2.45, 2.75) is 0 Å². The molecular weight excluding hydrogens is 256 g/mol. The van der Waals surface area contributed by atoms with Gasteiger partial charge in [-0.15, -0.1) is 0 Å². The summed E-state index contributed by atoms with van der Waals surface area (Å²) in [6.07, 6.45) is 0. The second kappa shape index (κ2) is 3.09. The van der Waals surface area contributed by atoms with Crippen molar-refractivity contribution < 1.29 is 4.42 Å². The maximum atomic E-state index is 5.88. The van der Waals surface area contributed by atoms with Crippen LogP contribution < -0.4 is 0 Å². The molecule has 0 spiro atoms. The van der Waals surface area contributed by atoms with Crippen LogP contribution in [-0.4, -0.2) is 0 Å². The van der Waals surface area contributed by atoms with Crippen molar-refractivity contribution in [1.82, 2.24) is 0 Å². The molecule has 0 amide bonds. The average Bonchev–Trinajstić information content (AvgIpc) is 3.33. The molecule has 0 N–H and O–H groups in total.